The zero-order valence-electron chi connectivity index (χ0n) is 21.7. The summed E-state index contributed by atoms with van der Waals surface area (Å²) in [7, 11) is 0. The Morgan fingerprint density at radius 3 is 0.806 bits per heavy atom. The quantitative estimate of drug-likeness (QED) is 0.139. The van der Waals surface area contributed by atoms with Gasteiger partial charge < -0.3 is 14.9 Å². The van der Waals surface area contributed by atoms with E-state index in [1.165, 1.54) is 141 Å². The van der Waals surface area contributed by atoms with Gasteiger partial charge in [-0.3, -0.25) is 0 Å². The van der Waals surface area contributed by atoms with Gasteiger partial charge in [-0.2, -0.15) is 0 Å². The van der Waals surface area contributed by atoms with Crippen LogP contribution >= 0.6 is 0 Å². The molecule has 0 aliphatic rings. The Hall–Kier alpha value is -0.120. The number of unbranched alkanes of at least 4 members (excludes halogenated alkanes) is 20. The van der Waals surface area contributed by atoms with Crippen LogP contribution < -0.4 is 0 Å². The molecule has 0 rings (SSSR count). The fourth-order valence-corrected chi connectivity index (χ4v) is 3.84. The third-order valence-electron chi connectivity index (χ3n) is 5.88. The van der Waals surface area contributed by atoms with Crippen molar-refractivity contribution in [2.75, 3.05) is 26.4 Å². The second-order valence-electron chi connectivity index (χ2n) is 9.13. The zero-order valence-corrected chi connectivity index (χ0v) is 21.7. The van der Waals surface area contributed by atoms with Crippen LogP contribution in [0.25, 0.3) is 0 Å². The van der Waals surface area contributed by atoms with Crippen molar-refractivity contribution < 1.29 is 14.9 Å². The lowest BCUT2D eigenvalue weighted by Gasteiger charge is -2.05. The van der Waals surface area contributed by atoms with Crippen molar-refractivity contribution in [1.29, 1.82) is 0 Å². The molecule has 0 aromatic heterocycles. The SMILES string of the molecule is CCCCCCCCCCCCCOCCCCCCCCCCCCC.OCCO. The number of hydrogen-bond donors (Lipinski definition) is 2. The highest BCUT2D eigenvalue weighted by Gasteiger charge is 1.95. The average Bonchev–Trinajstić information content (AvgIpc) is 2.79. The van der Waals surface area contributed by atoms with E-state index in [9.17, 15) is 0 Å². The van der Waals surface area contributed by atoms with Crippen LogP contribution in [0.1, 0.15) is 155 Å². The van der Waals surface area contributed by atoms with Crippen LogP contribution in [0, 0.1) is 0 Å². The van der Waals surface area contributed by atoms with Gasteiger partial charge in [-0.1, -0.05) is 142 Å². The monoisotopic (exact) mass is 444 g/mol. The highest BCUT2D eigenvalue weighted by Crippen LogP contribution is 2.12. The smallest absolute Gasteiger partial charge is 0.0662 e. The highest BCUT2D eigenvalue weighted by atomic mass is 16.5. The first-order valence-electron chi connectivity index (χ1n) is 14.1. The first-order chi connectivity index (χ1) is 15.3. The van der Waals surface area contributed by atoms with Gasteiger partial charge in [-0.15, -0.1) is 0 Å². The summed E-state index contributed by atoms with van der Waals surface area (Å²) in [6.45, 7) is 6.33. The molecule has 0 aliphatic carbocycles. The van der Waals surface area contributed by atoms with Crippen molar-refractivity contribution in [2.24, 2.45) is 0 Å². The van der Waals surface area contributed by atoms with Gasteiger partial charge in [0.25, 0.3) is 0 Å². The van der Waals surface area contributed by atoms with Crippen molar-refractivity contribution >= 4 is 0 Å². The molecule has 3 heteroatoms. The molecule has 0 saturated carbocycles. The molecule has 190 valence electrons. The molecular formula is C28H60O3. The third-order valence-corrected chi connectivity index (χ3v) is 5.88. The van der Waals surface area contributed by atoms with Gasteiger partial charge in [0.05, 0.1) is 13.2 Å². The fourth-order valence-electron chi connectivity index (χ4n) is 3.84. The summed E-state index contributed by atoms with van der Waals surface area (Å²) in [5.74, 6) is 0. The molecule has 3 nitrogen and oxygen atoms in total. The standard InChI is InChI=1S/C26H54O.C2H6O2/c1-3-5-7-9-11-13-15-17-19-21-23-25-27-26-24-22-20-18-16-14-12-10-8-6-4-2;3-1-2-4/h3-26H2,1-2H3;3-4H,1-2H2. The lowest BCUT2D eigenvalue weighted by Crippen LogP contribution is -1.97. The topological polar surface area (TPSA) is 49.7 Å². The molecule has 0 heterocycles. The summed E-state index contributed by atoms with van der Waals surface area (Å²) in [5.41, 5.74) is 0. The summed E-state index contributed by atoms with van der Waals surface area (Å²) < 4.78 is 5.80. The van der Waals surface area contributed by atoms with Gasteiger partial charge in [0.15, 0.2) is 0 Å². The van der Waals surface area contributed by atoms with Crippen molar-refractivity contribution in [3.63, 3.8) is 0 Å². The molecule has 31 heavy (non-hydrogen) atoms. The van der Waals surface area contributed by atoms with Crippen LogP contribution in [0.4, 0.5) is 0 Å². The van der Waals surface area contributed by atoms with Gasteiger partial charge in [0, 0.05) is 13.2 Å². The van der Waals surface area contributed by atoms with Crippen molar-refractivity contribution in [1.82, 2.24) is 0 Å². The first-order valence-corrected chi connectivity index (χ1v) is 14.1. The minimum atomic E-state index is -0.125. The maximum absolute atomic E-state index is 7.62. The molecule has 0 bridgehead atoms. The van der Waals surface area contributed by atoms with Gasteiger partial charge in [0.2, 0.25) is 0 Å². The lowest BCUT2D eigenvalue weighted by atomic mass is 10.1. The van der Waals surface area contributed by atoms with Crippen LogP contribution in [-0.4, -0.2) is 36.6 Å². The maximum Gasteiger partial charge on any atom is 0.0662 e. The van der Waals surface area contributed by atoms with Gasteiger partial charge in [0.1, 0.15) is 0 Å². The molecule has 2 N–H and O–H groups in total. The predicted octanol–water partition coefficient (Wildman–Crippen LogP) is 8.60. The Morgan fingerprint density at radius 1 is 0.355 bits per heavy atom. The van der Waals surface area contributed by atoms with Crippen LogP contribution in [0.3, 0.4) is 0 Å². The minimum Gasteiger partial charge on any atom is -0.394 e. The molecular weight excluding hydrogens is 384 g/mol. The van der Waals surface area contributed by atoms with Crippen LogP contribution in [-0.2, 0) is 4.74 Å². The van der Waals surface area contributed by atoms with Crippen molar-refractivity contribution in [2.45, 2.75) is 155 Å². The summed E-state index contributed by atoms with van der Waals surface area (Å²) in [5, 5.41) is 15.2. The van der Waals surface area contributed by atoms with E-state index in [0.29, 0.717) is 0 Å². The molecule has 0 radical (unpaired) electrons. The molecule has 0 atom stereocenters. The molecule has 0 saturated heterocycles. The van der Waals surface area contributed by atoms with E-state index in [1.54, 1.807) is 0 Å². The first kappa shape index (κ1) is 33.1. The summed E-state index contributed by atoms with van der Waals surface area (Å²) in [6, 6.07) is 0. The van der Waals surface area contributed by atoms with E-state index in [1.807, 2.05) is 0 Å². The largest absolute Gasteiger partial charge is 0.394 e. The Kier molecular flexibility index (Phi) is 36.8. The summed E-state index contributed by atoms with van der Waals surface area (Å²) in [6.07, 6.45) is 31.1. The fraction of sp³-hybridized carbons (Fsp3) is 1.00. The van der Waals surface area contributed by atoms with Gasteiger partial charge in [-0.25, -0.2) is 0 Å². The highest BCUT2D eigenvalue weighted by molar-refractivity contribution is 4.49. The maximum atomic E-state index is 7.62. The second kappa shape index (κ2) is 34.5. The molecule has 0 aliphatic heterocycles. The Morgan fingerprint density at radius 2 is 0.581 bits per heavy atom. The van der Waals surface area contributed by atoms with Crippen molar-refractivity contribution in [3.8, 4) is 0 Å². The Labute approximate surface area is 196 Å². The minimum absolute atomic E-state index is 0.125. The van der Waals surface area contributed by atoms with E-state index in [2.05, 4.69) is 13.8 Å². The molecule has 0 spiro atoms. The van der Waals surface area contributed by atoms with Crippen LogP contribution in [0.2, 0.25) is 0 Å². The van der Waals surface area contributed by atoms with E-state index >= 15 is 0 Å². The number of ether oxygens (including phenoxy) is 1. The molecule has 0 aromatic rings. The summed E-state index contributed by atoms with van der Waals surface area (Å²) >= 11 is 0. The number of aliphatic hydroxyl groups excluding tert-OH is 2. The zero-order chi connectivity index (χ0) is 23.1. The van der Waals surface area contributed by atoms with Gasteiger partial charge >= 0.3 is 0 Å². The molecule has 0 amide bonds. The predicted molar refractivity (Wildman–Crippen MR) is 138 cm³/mol. The average molecular weight is 445 g/mol. The Balaban J connectivity index is 0. The van der Waals surface area contributed by atoms with E-state index in [-0.39, 0.29) is 13.2 Å². The van der Waals surface area contributed by atoms with E-state index in [0.717, 1.165) is 13.2 Å². The lowest BCUT2D eigenvalue weighted by molar-refractivity contribution is 0.125. The summed E-state index contributed by atoms with van der Waals surface area (Å²) in [4.78, 5) is 0. The van der Waals surface area contributed by atoms with Crippen LogP contribution in [0.5, 0.6) is 0 Å². The number of aliphatic hydroxyl groups is 2. The number of hydrogen-bond acceptors (Lipinski definition) is 3. The molecule has 0 unspecified atom stereocenters. The second-order valence-corrected chi connectivity index (χ2v) is 9.13. The third kappa shape index (κ3) is 37.5. The van der Waals surface area contributed by atoms with Crippen LogP contribution in [0.15, 0.2) is 0 Å². The molecule has 0 aromatic carbocycles. The van der Waals surface area contributed by atoms with E-state index < -0.39 is 0 Å². The van der Waals surface area contributed by atoms with Gasteiger partial charge in [-0.05, 0) is 12.8 Å². The van der Waals surface area contributed by atoms with E-state index in [4.69, 9.17) is 14.9 Å². The normalized spacial score (nSPS) is 10.8. The molecule has 0 fully saturated rings. The number of rotatable bonds is 25. The van der Waals surface area contributed by atoms with Crippen molar-refractivity contribution in [3.05, 3.63) is 0 Å². The Bertz CT molecular complexity index is 245.